The minimum atomic E-state index is -4.41. The van der Waals surface area contributed by atoms with Crippen molar-refractivity contribution < 1.29 is 27.8 Å². The van der Waals surface area contributed by atoms with Crippen LogP contribution in [-0.4, -0.2) is 29.2 Å². The molecule has 1 amide bonds. The van der Waals surface area contributed by atoms with Gasteiger partial charge in [0, 0.05) is 23.9 Å². The van der Waals surface area contributed by atoms with Crippen LogP contribution < -0.4 is 4.74 Å². The van der Waals surface area contributed by atoms with Crippen molar-refractivity contribution in [3.8, 4) is 11.5 Å². The van der Waals surface area contributed by atoms with E-state index in [1.807, 2.05) is 6.92 Å². The summed E-state index contributed by atoms with van der Waals surface area (Å²) >= 11 is 0. The first-order valence-electron chi connectivity index (χ1n) is 9.15. The maximum absolute atomic E-state index is 12.9. The van der Waals surface area contributed by atoms with Crippen LogP contribution in [0, 0.1) is 5.92 Å². The molecule has 0 saturated carbocycles. The predicted octanol–water partition coefficient (Wildman–Crippen LogP) is 4.47. The van der Waals surface area contributed by atoms with Gasteiger partial charge in [-0.05, 0) is 30.0 Å². The number of rotatable bonds is 3. The van der Waals surface area contributed by atoms with Gasteiger partial charge in [-0.15, -0.1) is 0 Å². The number of carbonyl (C=O) groups excluding carboxylic acids is 1. The zero-order valence-corrected chi connectivity index (χ0v) is 15.9. The Hall–Kier alpha value is -3.03. The number of nitrogens with zero attached hydrogens (tertiary/aromatic N) is 2. The van der Waals surface area contributed by atoms with Crippen LogP contribution in [0.5, 0.6) is 11.5 Å². The highest BCUT2D eigenvalue weighted by molar-refractivity contribution is 6.04. The zero-order chi connectivity index (χ0) is 20.9. The average Bonchev–Trinajstić information content (AvgIpc) is 2.98. The second kappa shape index (κ2) is 6.79. The van der Waals surface area contributed by atoms with E-state index in [0.29, 0.717) is 29.0 Å². The van der Waals surface area contributed by atoms with Crippen molar-refractivity contribution in [3.63, 3.8) is 0 Å². The molecule has 0 aromatic heterocycles. The first-order chi connectivity index (χ1) is 13.7. The van der Waals surface area contributed by atoms with Crippen LogP contribution in [0.2, 0.25) is 0 Å². The summed E-state index contributed by atoms with van der Waals surface area (Å²) in [5.41, 5.74) is 1.68. The van der Waals surface area contributed by atoms with Crippen molar-refractivity contribution in [3.05, 3.63) is 52.1 Å². The summed E-state index contributed by atoms with van der Waals surface area (Å²) in [6.45, 7) is 2.33. The zero-order valence-electron chi connectivity index (χ0n) is 15.9. The maximum Gasteiger partial charge on any atom is 0.416 e. The normalized spacial score (nSPS) is 18.0. The van der Waals surface area contributed by atoms with Crippen LogP contribution in [0.3, 0.4) is 0 Å². The third kappa shape index (κ3) is 3.22. The van der Waals surface area contributed by atoms with Crippen LogP contribution in [-0.2, 0) is 25.7 Å². The van der Waals surface area contributed by atoms with Gasteiger partial charge in [0.2, 0.25) is 0 Å². The molecule has 152 valence electrons. The molecule has 2 aromatic carbocycles. The lowest BCUT2D eigenvalue weighted by Crippen LogP contribution is -2.23. The fourth-order valence-electron chi connectivity index (χ4n) is 3.91. The molecule has 2 aliphatic heterocycles. The van der Waals surface area contributed by atoms with E-state index < -0.39 is 17.6 Å². The van der Waals surface area contributed by atoms with Crippen molar-refractivity contribution in [2.24, 2.45) is 10.9 Å². The van der Waals surface area contributed by atoms with Gasteiger partial charge >= 0.3 is 6.18 Å². The lowest BCUT2D eigenvalue weighted by Gasteiger charge is -2.21. The van der Waals surface area contributed by atoms with Gasteiger partial charge in [-0.2, -0.15) is 13.2 Å². The largest absolute Gasteiger partial charge is 0.505 e. The predicted molar refractivity (Wildman–Crippen MR) is 101 cm³/mol. The summed E-state index contributed by atoms with van der Waals surface area (Å²) in [5.74, 6) is 0.153. The Morgan fingerprint density at radius 3 is 2.55 bits per heavy atom. The van der Waals surface area contributed by atoms with Gasteiger partial charge in [0.15, 0.2) is 5.75 Å². The van der Waals surface area contributed by atoms with E-state index in [4.69, 9.17) is 4.74 Å². The SMILES string of the molecule is COc1c2c(c(O)c3c1CN(Cc1ccc(C(F)(F)F)cc1)C3=O)N=CC(C)C2. The number of amides is 1. The number of carbonyl (C=O) groups is 1. The Labute approximate surface area is 165 Å². The highest BCUT2D eigenvalue weighted by Gasteiger charge is 2.38. The average molecular weight is 404 g/mol. The molecule has 0 aliphatic carbocycles. The van der Waals surface area contributed by atoms with Crippen molar-refractivity contribution >= 4 is 17.8 Å². The molecule has 29 heavy (non-hydrogen) atoms. The molecule has 0 fully saturated rings. The Bertz CT molecular complexity index is 1010. The van der Waals surface area contributed by atoms with E-state index in [2.05, 4.69) is 4.99 Å². The van der Waals surface area contributed by atoms with E-state index >= 15 is 0 Å². The highest BCUT2D eigenvalue weighted by atomic mass is 19.4. The molecule has 0 radical (unpaired) electrons. The van der Waals surface area contributed by atoms with Gasteiger partial charge in [-0.3, -0.25) is 9.79 Å². The molecular weight excluding hydrogens is 385 g/mol. The minimum absolute atomic E-state index is 0.124. The highest BCUT2D eigenvalue weighted by Crippen LogP contribution is 2.49. The molecule has 1 atom stereocenters. The van der Waals surface area contributed by atoms with Gasteiger partial charge in [0.1, 0.15) is 11.4 Å². The summed E-state index contributed by atoms with van der Waals surface area (Å²) in [4.78, 5) is 18.7. The number of alkyl halides is 3. The molecule has 5 nitrogen and oxygen atoms in total. The van der Waals surface area contributed by atoms with E-state index in [0.717, 1.165) is 17.7 Å². The number of halogens is 3. The summed E-state index contributed by atoms with van der Waals surface area (Å²) in [6.07, 6.45) is -2.04. The van der Waals surface area contributed by atoms with Crippen molar-refractivity contribution in [1.82, 2.24) is 4.90 Å². The van der Waals surface area contributed by atoms with E-state index in [-0.39, 0.29) is 30.3 Å². The number of aromatic hydroxyl groups is 1. The number of hydrogen-bond donors (Lipinski definition) is 1. The number of phenols is 1. The number of benzene rings is 2. The van der Waals surface area contributed by atoms with E-state index in [1.54, 1.807) is 6.21 Å². The topological polar surface area (TPSA) is 62.1 Å². The molecule has 0 saturated heterocycles. The molecule has 2 aromatic rings. The molecule has 1 unspecified atom stereocenters. The number of phenolic OH excluding ortho intramolecular Hbond substituents is 1. The monoisotopic (exact) mass is 404 g/mol. The molecular formula is C21H19F3N2O3. The van der Waals surface area contributed by atoms with Gasteiger partial charge in [-0.25, -0.2) is 0 Å². The molecule has 2 heterocycles. The minimum Gasteiger partial charge on any atom is -0.505 e. The second-order valence-electron chi connectivity index (χ2n) is 7.38. The van der Waals surface area contributed by atoms with E-state index in [9.17, 15) is 23.1 Å². The van der Waals surface area contributed by atoms with Gasteiger partial charge in [0.05, 0.1) is 24.8 Å². The van der Waals surface area contributed by atoms with Crippen molar-refractivity contribution in [1.29, 1.82) is 0 Å². The summed E-state index contributed by atoms with van der Waals surface area (Å²) in [7, 11) is 1.51. The van der Waals surface area contributed by atoms with Crippen LogP contribution >= 0.6 is 0 Å². The maximum atomic E-state index is 12.9. The molecule has 4 rings (SSSR count). The number of aliphatic imine (C=N–C) groups is 1. The quantitative estimate of drug-likeness (QED) is 0.821. The molecule has 2 aliphatic rings. The van der Waals surface area contributed by atoms with Crippen LogP contribution in [0.15, 0.2) is 29.3 Å². The second-order valence-corrected chi connectivity index (χ2v) is 7.38. The Morgan fingerprint density at radius 2 is 1.93 bits per heavy atom. The van der Waals surface area contributed by atoms with Crippen molar-refractivity contribution in [2.45, 2.75) is 32.6 Å². The summed E-state index contributed by atoms with van der Waals surface area (Å²) < 4.78 is 43.8. The molecule has 0 spiro atoms. The number of fused-ring (bicyclic) bond motifs is 2. The first-order valence-corrected chi connectivity index (χ1v) is 9.15. The standard InChI is InChI=1S/C21H19F3N2O3/c1-11-7-14-17(25-8-11)18(27)16-15(19(14)29-2)10-26(20(16)28)9-12-3-5-13(6-4-12)21(22,23)24/h3-6,8,11,27H,7,9-10H2,1-2H3. The number of hydrogen-bond acceptors (Lipinski definition) is 4. The fraction of sp³-hybridized carbons (Fsp3) is 0.333. The third-order valence-corrected chi connectivity index (χ3v) is 5.29. The summed E-state index contributed by atoms with van der Waals surface area (Å²) in [6, 6.07) is 4.70. The molecule has 8 heteroatoms. The van der Waals surface area contributed by atoms with Gasteiger partial charge in [-0.1, -0.05) is 19.1 Å². The number of methoxy groups -OCH3 is 1. The Balaban J connectivity index is 1.67. The lowest BCUT2D eigenvalue weighted by molar-refractivity contribution is -0.137. The van der Waals surface area contributed by atoms with E-state index in [1.165, 1.54) is 24.1 Å². The van der Waals surface area contributed by atoms with Crippen LogP contribution in [0.25, 0.3) is 0 Å². The lowest BCUT2D eigenvalue weighted by atomic mass is 9.92. The van der Waals surface area contributed by atoms with Crippen molar-refractivity contribution in [2.75, 3.05) is 7.11 Å². The van der Waals surface area contributed by atoms with Gasteiger partial charge in [0.25, 0.3) is 5.91 Å². The Kier molecular flexibility index (Phi) is 4.52. The summed E-state index contributed by atoms with van der Waals surface area (Å²) in [5, 5.41) is 10.7. The Morgan fingerprint density at radius 1 is 1.24 bits per heavy atom. The molecule has 1 N–H and O–H groups in total. The fourth-order valence-corrected chi connectivity index (χ4v) is 3.91. The van der Waals surface area contributed by atoms with Gasteiger partial charge < -0.3 is 14.7 Å². The number of ether oxygens (including phenoxy) is 1. The third-order valence-electron chi connectivity index (χ3n) is 5.29. The van der Waals surface area contributed by atoms with Crippen LogP contribution in [0.4, 0.5) is 18.9 Å². The first kappa shape index (κ1) is 19.3. The smallest absolute Gasteiger partial charge is 0.416 e. The molecule has 0 bridgehead atoms. The van der Waals surface area contributed by atoms with Crippen LogP contribution in [0.1, 0.15) is 39.5 Å².